The summed E-state index contributed by atoms with van der Waals surface area (Å²) in [6.07, 6.45) is 2.70. The molecule has 1 saturated heterocycles. The van der Waals surface area contributed by atoms with Crippen LogP contribution >= 0.6 is 11.8 Å². The molecular weight excluding hydrogens is 118 g/mol. The predicted octanol–water partition coefficient (Wildman–Crippen LogP) is 1.23. The van der Waals surface area contributed by atoms with Gasteiger partial charge in [-0.05, 0) is 12.8 Å². The quantitative estimate of drug-likeness (QED) is 0.579. The van der Waals surface area contributed by atoms with Crippen LogP contribution in [0.15, 0.2) is 0 Å². The molecule has 8 heavy (non-hydrogen) atoms. The molecule has 0 aromatic rings. The Hall–Kier alpha value is 0.310. The number of hydrogen-bond donors (Lipinski definition) is 1. The lowest BCUT2D eigenvalue weighted by Gasteiger charge is -2.02. The number of hydrogen-bond acceptors (Lipinski definition) is 2. The first-order chi connectivity index (χ1) is 3.83. The fourth-order valence-electron chi connectivity index (χ4n) is 1.06. The van der Waals surface area contributed by atoms with Crippen LogP contribution in [0.2, 0.25) is 0 Å². The van der Waals surface area contributed by atoms with Crippen LogP contribution in [-0.2, 0) is 0 Å². The monoisotopic (exact) mass is 131 g/mol. The van der Waals surface area contributed by atoms with Crippen molar-refractivity contribution in [2.24, 2.45) is 5.73 Å². The van der Waals surface area contributed by atoms with E-state index in [0.717, 1.165) is 17.0 Å². The van der Waals surface area contributed by atoms with Crippen molar-refractivity contribution in [2.75, 3.05) is 6.54 Å². The molecule has 1 aliphatic rings. The molecule has 0 aliphatic carbocycles. The molecule has 0 aromatic carbocycles. The van der Waals surface area contributed by atoms with Gasteiger partial charge in [0.1, 0.15) is 0 Å². The highest BCUT2D eigenvalue weighted by molar-refractivity contribution is 8.00. The molecule has 0 radical (unpaired) electrons. The fourth-order valence-corrected chi connectivity index (χ4v) is 2.37. The average Bonchev–Trinajstić information content (AvgIpc) is 2.14. The molecule has 1 rings (SSSR count). The van der Waals surface area contributed by atoms with E-state index in [0.29, 0.717) is 0 Å². The van der Waals surface area contributed by atoms with Gasteiger partial charge in [-0.15, -0.1) is 0 Å². The first kappa shape index (κ1) is 6.43. The Labute approximate surface area is 55.0 Å². The lowest BCUT2D eigenvalue weighted by Crippen LogP contribution is -2.12. The first-order valence-corrected chi connectivity index (χ1v) is 4.12. The molecule has 1 nitrogen and oxygen atoms in total. The van der Waals surface area contributed by atoms with Gasteiger partial charge >= 0.3 is 0 Å². The number of thioether (sulfide) groups is 1. The second-order valence-electron chi connectivity index (χ2n) is 2.38. The van der Waals surface area contributed by atoms with Crippen molar-refractivity contribution in [1.82, 2.24) is 0 Å². The Kier molecular flexibility index (Phi) is 2.20. The molecule has 0 unspecified atom stereocenters. The zero-order chi connectivity index (χ0) is 5.98. The van der Waals surface area contributed by atoms with Gasteiger partial charge in [0.15, 0.2) is 0 Å². The molecule has 1 fully saturated rings. The molecule has 1 heterocycles. The zero-order valence-electron chi connectivity index (χ0n) is 5.26. The van der Waals surface area contributed by atoms with Gasteiger partial charge in [0.05, 0.1) is 0 Å². The Morgan fingerprint density at radius 1 is 1.62 bits per heavy atom. The molecule has 0 aromatic heterocycles. The summed E-state index contributed by atoms with van der Waals surface area (Å²) in [5.41, 5.74) is 5.48. The summed E-state index contributed by atoms with van der Waals surface area (Å²) in [4.78, 5) is 0. The van der Waals surface area contributed by atoms with Crippen molar-refractivity contribution in [1.29, 1.82) is 0 Å². The number of rotatable bonds is 1. The third-order valence-electron chi connectivity index (χ3n) is 1.58. The van der Waals surface area contributed by atoms with Crippen molar-refractivity contribution < 1.29 is 0 Å². The summed E-state index contributed by atoms with van der Waals surface area (Å²) >= 11 is 2.04. The van der Waals surface area contributed by atoms with E-state index >= 15 is 0 Å². The maximum atomic E-state index is 5.48. The van der Waals surface area contributed by atoms with Crippen molar-refractivity contribution in [3.05, 3.63) is 0 Å². The third-order valence-corrected chi connectivity index (χ3v) is 3.10. The topological polar surface area (TPSA) is 26.0 Å². The summed E-state index contributed by atoms with van der Waals surface area (Å²) in [6, 6.07) is 0. The molecule has 2 N–H and O–H groups in total. The largest absolute Gasteiger partial charge is 0.329 e. The van der Waals surface area contributed by atoms with Crippen molar-refractivity contribution in [3.63, 3.8) is 0 Å². The van der Waals surface area contributed by atoms with Crippen molar-refractivity contribution in [2.45, 2.75) is 30.3 Å². The Bertz CT molecular complexity index is 74.9. The SMILES string of the molecule is C[C@H]1CC[C@@H](CN)S1. The van der Waals surface area contributed by atoms with Gasteiger partial charge in [0.25, 0.3) is 0 Å². The normalized spacial score (nSPS) is 38.2. The van der Waals surface area contributed by atoms with E-state index in [-0.39, 0.29) is 0 Å². The van der Waals surface area contributed by atoms with E-state index in [9.17, 15) is 0 Å². The molecule has 1 aliphatic heterocycles. The Morgan fingerprint density at radius 2 is 2.38 bits per heavy atom. The second-order valence-corrected chi connectivity index (χ2v) is 4.13. The van der Waals surface area contributed by atoms with E-state index in [4.69, 9.17) is 5.73 Å². The highest BCUT2D eigenvalue weighted by atomic mass is 32.2. The van der Waals surface area contributed by atoms with Crippen LogP contribution in [0.4, 0.5) is 0 Å². The molecule has 2 atom stereocenters. The summed E-state index contributed by atoms with van der Waals surface area (Å²) in [5, 5.41) is 1.63. The van der Waals surface area contributed by atoms with Crippen LogP contribution in [0.5, 0.6) is 0 Å². The summed E-state index contributed by atoms with van der Waals surface area (Å²) < 4.78 is 0. The van der Waals surface area contributed by atoms with Gasteiger partial charge in [-0.3, -0.25) is 0 Å². The minimum atomic E-state index is 0.769. The number of nitrogens with two attached hydrogens (primary N) is 1. The molecule has 0 spiro atoms. The van der Waals surface area contributed by atoms with E-state index in [1.54, 1.807) is 0 Å². The molecule has 0 amide bonds. The Morgan fingerprint density at radius 3 is 2.62 bits per heavy atom. The van der Waals surface area contributed by atoms with Gasteiger partial charge in [-0.1, -0.05) is 6.92 Å². The lowest BCUT2D eigenvalue weighted by atomic mass is 10.2. The second kappa shape index (κ2) is 2.74. The molecular formula is C6H13NS. The average molecular weight is 131 g/mol. The van der Waals surface area contributed by atoms with Crippen LogP contribution in [0.1, 0.15) is 19.8 Å². The fraction of sp³-hybridized carbons (Fsp3) is 1.00. The van der Waals surface area contributed by atoms with Gasteiger partial charge in [-0.2, -0.15) is 11.8 Å². The predicted molar refractivity (Wildman–Crippen MR) is 39.1 cm³/mol. The lowest BCUT2D eigenvalue weighted by molar-refractivity contribution is 0.746. The molecule has 2 heteroatoms. The smallest absolute Gasteiger partial charge is 0.0173 e. The first-order valence-electron chi connectivity index (χ1n) is 3.18. The van der Waals surface area contributed by atoms with Gasteiger partial charge in [-0.25, -0.2) is 0 Å². The van der Waals surface area contributed by atoms with Crippen molar-refractivity contribution >= 4 is 11.8 Å². The van der Waals surface area contributed by atoms with Crippen LogP contribution in [-0.4, -0.2) is 17.0 Å². The summed E-state index contributed by atoms with van der Waals surface area (Å²) in [5.74, 6) is 0. The van der Waals surface area contributed by atoms with Gasteiger partial charge in [0, 0.05) is 17.0 Å². The summed E-state index contributed by atoms with van der Waals surface area (Å²) in [7, 11) is 0. The van der Waals surface area contributed by atoms with E-state index in [1.165, 1.54) is 12.8 Å². The Balaban J connectivity index is 2.22. The van der Waals surface area contributed by atoms with E-state index < -0.39 is 0 Å². The molecule has 48 valence electrons. The maximum Gasteiger partial charge on any atom is 0.0173 e. The van der Waals surface area contributed by atoms with Crippen molar-refractivity contribution in [3.8, 4) is 0 Å². The summed E-state index contributed by atoms with van der Waals surface area (Å²) in [6.45, 7) is 3.15. The highest BCUT2D eigenvalue weighted by Crippen LogP contribution is 2.31. The van der Waals surface area contributed by atoms with Crippen LogP contribution in [0, 0.1) is 0 Å². The van der Waals surface area contributed by atoms with Gasteiger partial charge < -0.3 is 5.73 Å². The zero-order valence-corrected chi connectivity index (χ0v) is 6.08. The maximum absolute atomic E-state index is 5.48. The molecule has 0 bridgehead atoms. The van der Waals surface area contributed by atoms with Crippen LogP contribution in [0.25, 0.3) is 0 Å². The minimum Gasteiger partial charge on any atom is -0.329 e. The minimum absolute atomic E-state index is 0.769. The van der Waals surface area contributed by atoms with Crippen LogP contribution in [0.3, 0.4) is 0 Å². The third kappa shape index (κ3) is 1.39. The standard InChI is InChI=1S/C6H13NS/c1-5-2-3-6(4-7)8-5/h5-6H,2-4,7H2,1H3/t5-,6-/m0/s1. The van der Waals surface area contributed by atoms with E-state index in [2.05, 4.69) is 6.92 Å². The van der Waals surface area contributed by atoms with E-state index in [1.807, 2.05) is 11.8 Å². The van der Waals surface area contributed by atoms with Crippen LogP contribution < -0.4 is 5.73 Å². The highest BCUT2D eigenvalue weighted by Gasteiger charge is 2.19. The van der Waals surface area contributed by atoms with Gasteiger partial charge in [0.2, 0.25) is 0 Å². The molecule has 0 saturated carbocycles.